The number of piperidine rings is 1. The Bertz CT molecular complexity index is 128. The van der Waals surface area contributed by atoms with Crippen molar-refractivity contribution in [2.24, 2.45) is 5.73 Å². The number of aliphatic hydroxyl groups excluding tert-OH is 1. The molecule has 11 heavy (non-hydrogen) atoms. The monoisotopic (exact) mass is 172 g/mol. The molecule has 1 heterocycles. The van der Waals surface area contributed by atoms with Gasteiger partial charge in [0.1, 0.15) is 0 Å². The second-order valence-corrected chi connectivity index (χ2v) is 4.85. The second kappa shape index (κ2) is 3.42. The maximum absolute atomic E-state index is 9.29. The zero-order valence-corrected chi connectivity index (χ0v) is 9.38. The number of nitrogens with two attached hydrogens (primary N) is 1. The van der Waals surface area contributed by atoms with Crippen molar-refractivity contribution >= 4 is 16.3 Å². The molecular formula is C7H17AlN2O. The summed E-state index contributed by atoms with van der Waals surface area (Å²) in [6.07, 6.45) is 2.01. The third-order valence-electron chi connectivity index (χ3n) is 2.47. The van der Waals surface area contributed by atoms with Gasteiger partial charge >= 0.3 is 0 Å². The highest BCUT2D eigenvalue weighted by Crippen LogP contribution is 2.18. The fourth-order valence-electron chi connectivity index (χ4n) is 1.41. The molecule has 0 unspecified atom stereocenters. The third-order valence-corrected chi connectivity index (χ3v) is 3.20. The van der Waals surface area contributed by atoms with Gasteiger partial charge in [0, 0.05) is 23.7 Å². The Morgan fingerprint density at radius 2 is 2.00 bits per heavy atom. The Hall–Kier alpha value is 0.412. The summed E-state index contributed by atoms with van der Waals surface area (Å²) in [5, 5.41) is 9.12. The smallest absolute Gasteiger partial charge is 0.282 e. The molecule has 0 aromatic heterocycles. The highest BCUT2D eigenvalue weighted by atomic mass is 27.0. The second-order valence-electron chi connectivity index (χ2n) is 3.82. The van der Waals surface area contributed by atoms with Crippen LogP contribution in [0.3, 0.4) is 0 Å². The van der Waals surface area contributed by atoms with E-state index < -0.39 is 0 Å². The van der Waals surface area contributed by atoms with Crippen LogP contribution in [0.5, 0.6) is 0 Å². The fourth-order valence-corrected chi connectivity index (χ4v) is 1.92. The first-order valence-corrected chi connectivity index (χ1v) is 5.38. The van der Waals surface area contributed by atoms with Crippen LogP contribution >= 0.6 is 0 Å². The molecule has 1 rings (SSSR count). The van der Waals surface area contributed by atoms with E-state index in [1.807, 2.05) is 0 Å². The third kappa shape index (κ3) is 2.74. The number of likely N-dealkylation sites (tertiary alicyclic amines) is 1. The molecule has 64 valence electrons. The molecule has 1 saturated heterocycles. The lowest BCUT2D eigenvalue weighted by Gasteiger charge is -2.38. The average molecular weight is 172 g/mol. The van der Waals surface area contributed by atoms with Gasteiger partial charge in [0.05, 0.1) is 0 Å². The maximum Gasteiger partial charge on any atom is 0.282 e. The molecule has 3 N–H and O–H groups in total. The largest absolute Gasteiger partial charge is 0.395 e. The van der Waals surface area contributed by atoms with Crippen molar-refractivity contribution in [1.29, 1.82) is 0 Å². The van der Waals surface area contributed by atoms with Crippen LogP contribution in [-0.2, 0) is 0 Å². The predicted octanol–water partition coefficient (Wildman–Crippen LogP) is -1.29. The number of hydrogen-bond donors (Lipinski definition) is 2. The average Bonchev–Trinajstić information content (AvgIpc) is 1.86. The molecule has 0 amide bonds. The number of rotatable bonds is 1. The first-order valence-electron chi connectivity index (χ1n) is 4.22. The van der Waals surface area contributed by atoms with Crippen LogP contribution in [0.4, 0.5) is 0 Å². The molecule has 0 radical (unpaired) electrons. The molecular weight excluding hydrogens is 155 g/mol. The minimum atomic E-state index is -0.175. The van der Waals surface area contributed by atoms with E-state index in [0.29, 0.717) is 0 Å². The summed E-state index contributed by atoms with van der Waals surface area (Å²) >= 11 is 0.835. The van der Waals surface area contributed by atoms with Crippen LogP contribution < -0.4 is 5.73 Å². The van der Waals surface area contributed by atoms with E-state index in [-0.39, 0.29) is 10.6 Å². The standard InChI is InChI=1S/C7H15N2O.Al.2H/c1-7(8)2-4-9(6-10)5-3-7;;;/h6,10H,2-5,8H2,1H3;;;. The summed E-state index contributed by atoms with van der Waals surface area (Å²) in [5.74, 6) is 0. The number of aliphatic hydroxyl groups is 1. The van der Waals surface area contributed by atoms with Gasteiger partial charge in [-0.25, -0.2) is 0 Å². The van der Waals surface area contributed by atoms with Gasteiger partial charge in [-0.1, -0.05) is 0 Å². The van der Waals surface area contributed by atoms with Crippen molar-refractivity contribution in [1.82, 2.24) is 4.90 Å². The lowest BCUT2D eigenvalue weighted by atomic mass is 9.91. The van der Waals surface area contributed by atoms with E-state index in [1.54, 1.807) is 0 Å². The minimum absolute atomic E-state index is 0.00689. The van der Waals surface area contributed by atoms with Crippen molar-refractivity contribution in [2.75, 3.05) is 13.1 Å². The topological polar surface area (TPSA) is 49.5 Å². The van der Waals surface area contributed by atoms with E-state index in [2.05, 4.69) is 11.8 Å². The molecule has 0 aromatic carbocycles. The van der Waals surface area contributed by atoms with Crippen molar-refractivity contribution in [3.63, 3.8) is 0 Å². The van der Waals surface area contributed by atoms with Gasteiger partial charge in [-0.3, -0.25) is 4.90 Å². The Morgan fingerprint density at radius 1 is 1.55 bits per heavy atom. The van der Waals surface area contributed by atoms with Crippen LogP contribution in [0, 0.1) is 0 Å². The van der Waals surface area contributed by atoms with Crippen LogP contribution in [0.2, 0.25) is 0 Å². The summed E-state index contributed by atoms with van der Waals surface area (Å²) in [4.78, 5) is 2.11. The van der Waals surface area contributed by atoms with Crippen LogP contribution in [0.1, 0.15) is 19.8 Å². The molecule has 4 heteroatoms. The quantitative estimate of drug-likeness (QED) is 0.484. The predicted molar refractivity (Wildman–Crippen MR) is 48.0 cm³/mol. The van der Waals surface area contributed by atoms with Gasteiger partial charge < -0.3 is 10.8 Å². The summed E-state index contributed by atoms with van der Waals surface area (Å²) < 4.78 is 0. The zero-order valence-electron chi connectivity index (χ0n) is 7.38. The van der Waals surface area contributed by atoms with Crippen LogP contribution in [-0.4, -0.2) is 50.0 Å². The minimum Gasteiger partial charge on any atom is -0.395 e. The molecule has 1 fully saturated rings. The number of hydrogen-bond acceptors (Lipinski definition) is 3. The van der Waals surface area contributed by atoms with E-state index in [4.69, 9.17) is 5.73 Å². The van der Waals surface area contributed by atoms with Gasteiger partial charge in [-0.15, -0.1) is 0 Å². The molecule has 1 atom stereocenters. The molecule has 0 spiro atoms. The van der Waals surface area contributed by atoms with E-state index in [9.17, 15) is 5.11 Å². The first kappa shape index (κ1) is 9.50. The molecule has 0 aromatic rings. The first-order chi connectivity index (χ1) is 5.01. The normalized spacial score (nSPS) is 28.3. The molecule has 0 aliphatic carbocycles. The highest BCUT2D eigenvalue weighted by Gasteiger charge is 2.26. The lowest BCUT2D eigenvalue weighted by molar-refractivity contribution is 0.0371. The lowest BCUT2D eigenvalue weighted by Crippen LogP contribution is -2.51. The molecule has 1 aliphatic rings. The van der Waals surface area contributed by atoms with Gasteiger partial charge in [-0.05, 0) is 19.8 Å². The van der Waals surface area contributed by atoms with Gasteiger partial charge in [-0.2, -0.15) is 0 Å². The zero-order chi connectivity index (χ0) is 8.48. The summed E-state index contributed by atoms with van der Waals surface area (Å²) in [5.41, 5.74) is 5.95. The van der Waals surface area contributed by atoms with Gasteiger partial charge in [0.25, 0.3) is 16.3 Å². The van der Waals surface area contributed by atoms with E-state index >= 15 is 0 Å². The van der Waals surface area contributed by atoms with Gasteiger partial charge in [0.15, 0.2) is 0 Å². The fraction of sp³-hybridized carbons (Fsp3) is 1.00. The van der Waals surface area contributed by atoms with Crippen molar-refractivity contribution in [3.8, 4) is 0 Å². The van der Waals surface area contributed by atoms with Crippen LogP contribution in [0.15, 0.2) is 0 Å². The van der Waals surface area contributed by atoms with E-state index in [0.717, 1.165) is 42.2 Å². The Morgan fingerprint density at radius 3 is 2.36 bits per heavy atom. The molecule has 0 saturated carbocycles. The highest BCUT2D eigenvalue weighted by molar-refractivity contribution is 6.10. The van der Waals surface area contributed by atoms with Crippen LogP contribution in [0.25, 0.3) is 0 Å². The van der Waals surface area contributed by atoms with Crippen molar-refractivity contribution < 1.29 is 5.11 Å². The summed E-state index contributed by atoms with van der Waals surface area (Å²) in [7, 11) is 0. The summed E-state index contributed by atoms with van der Waals surface area (Å²) in [6.45, 7) is 4.00. The van der Waals surface area contributed by atoms with Crippen molar-refractivity contribution in [2.45, 2.75) is 30.4 Å². The Kier molecular flexibility index (Phi) is 2.96. The van der Waals surface area contributed by atoms with E-state index in [1.165, 1.54) is 0 Å². The molecule has 3 nitrogen and oxygen atoms in total. The Labute approximate surface area is 76.0 Å². The summed E-state index contributed by atoms with van der Waals surface area (Å²) in [6, 6.07) is 0. The maximum atomic E-state index is 9.29. The van der Waals surface area contributed by atoms with Gasteiger partial charge in [0.2, 0.25) is 0 Å². The molecule has 0 bridgehead atoms. The van der Waals surface area contributed by atoms with Crippen molar-refractivity contribution in [3.05, 3.63) is 0 Å². The molecule has 1 aliphatic heterocycles. The Balaban J connectivity index is 2.36. The number of nitrogens with zero attached hydrogens (tertiary/aromatic N) is 1. The SMILES string of the molecule is CC1(N)CCN([C@@H](O)[AlH2])CC1.